The molecule has 124 valence electrons. The normalized spacial score (nSPS) is 19.5. The lowest BCUT2D eigenvalue weighted by Crippen LogP contribution is -2.45. The largest absolute Gasteiger partial charge is 0.444 e. The highest BCUT2D eigenvalue weighted by molar-refractivity contribution is 7.09. The van der Waals surface area contributed by atoms with Gasteiger partial charge in [-0.15, -0.1) is 11.3 Å². The molecule has 0 aliphatic carbocycles. The van der Waals surface area contributed by atoms with Gasteiger partial charge in [0.2, 0.25) is 0 Å². The first-order valence-corrected chi connectivity index (χ1v) is 8.75. The van der Waals surface area contributed by atoms with E-state index in [0.29, 0.717) is 5.92 Å². The number of nitrogens with zero attached hydrogens (tertiary/aromatic N) is 3. The molecular formula is C16H27N3O2S. The van der Waals surface area contributed by atoms with Gasteiger partial charge in [-0.05, 0) is 46.6 Å². The number of thiazole rings is 1. The summed E-state index contributed by atoms with van der Waals surface area (Å²) < 4.78 is 5.48. The maximum Gasteiger partial charge on any atom is 0.410 e. The minimum Gasteiger partial charge on any atom is -0.444 e. The van der Waals surface area contributed by atoms with Crippen LogP contribution in [-0.2, 0) is 11.3 Å². The molecule has 0 unspecified atom stereocenters. The molecular weight excluding hydrogens is 298 g/mol. The molecule has 0 N–H and O–H groups in total. The van der Waals surface area contributed by atoms with Crippen LogP contribution in [0.1, 0.15) is 38.5 Å². The van der Waals surface area contributed by atoms with Gasteiger partial charge >= 0.3 is 6.09 Å². The zero-order chi connectivity index (χ0) is 16.2. The molecule has 1 aliphatic rings. The number of hydrogen-bond acceptors (Lipinski definition) is 5. The van der Waals surface area contributed by atoms with Crippen molar-refractivity contribution in [2.75, 3.05) is 26.7 Å². The van der Waals surface area contributed by atoms with E-state index in [9.17, 15) is 4.79 Å². The topological polar surface area (TPSA) is 45.7 Å². The summed E-state index contributed by atoms with van der Waals surface area (Å²) in [7, 11) is 2.13. The summed E-state index contributed by atoms with van der Waals surface area (Å²) in [6.07, 6.45) is 3.97. The van der Waals surface area contributed by atoms with Crippen molar-refractivity contribution in [1.29, 1.82) is 0 Å². The number of aromatic nitrogens is 1. The standard InChI is InChI=1S/C16H27N3O2S/c1-16(2,3)21-15(20)19-7-5-6-13(10-19)9-18(4)11-14-8-17-12-22-14/h8,12-13H,5-7,9-11H2,1-4H3/t13-/m1/s1. The van der Waals surface area contributed by atoms with Gasteiger partial charge < -0.3 is 14.5 Å². The third-order valence-electron chi connectivity index (χ3n) is 3.65. The molecule has 22 heavy (non-hydrogen) atoms. The molecule has 0 radical (unpaired) electrons. The first kappa shape index (κ1) is 17.2. The summed E-state index contributed by atoms with van der Waals surface area (Å²) in [6, 6.07) is 0. The van der Waals surface area contributed by atoms with Gasteiger partial charge in [-0.3, -0.25) is 4.98 Å². The maximum absolute atomic E-state index is 12.2. The smallest absolute Gasteiger partial charge is 0.410 e. The van der Waals surface area contributed by atoms with Crippen molar-refractivity contribution in [3.8, 4) is 0 Å². The lowest BCUT2D eigenvalue weighted by molar-refractivity contribution is 0.0148. The van der Waals surface area contributed by atoms with Crippen LogP contribution in [0.2, 0.25) is 0 Å². The zero-order valence-electron chi connectivity index (χ0n) is 14.0. The van der Waals surface area contributed by atoms with E-state index in [1.54, 1.807) is 11.3 Å². The molecule has 1 aromatic heterocycles. The highest BCUT2D eigenvalue weighted by atomic mass is 32.1. The molecule has 0 bridgehead atoms. The fourth-order valence-electron chi connectivity index (χ4n) is 2.80. The fourth-order valence-corrected chi connectivity index (χ4v) is 3.47. The molecule has 2 rings (SSSR count). The summed E-state index contributed by atoms with van der Waals surface area (Å²) in [5.41, 5.74) is 1.45. The Balaban J connectivity index is 1.81. The van der Waals surface area contributed by atoms with Crippen LogP contribution < -0.4 is 0 Å². The van der Waals surface area contributed by atoms with Gasteiger partial charge in [0.05, 0.1) is 5.51 Å². The second-order valence-corrected chi connectivity index (χ2v) is 8.07. The number of rotatable bonds is 4. The van der Waals surface area contributed by atoms with Gasteiger partial charge in [0.25, 0.3) is 0 Å². The van der Waals surface area contributed by atoms with Crippen molar-refractivity contribution in [3.63, 3.8) is 0 Å². The quantitative estimate of drug-likeness (QED) is 0.853. The van der Waals surface area contributed by atoms with E-state index in [0.717, 1.165) is 32.6 Å². The minimum absolute atomic E-state index is 0.178. The van der Waals surface area contributed by atoms with E-state index in [-0.39, 0.29) is 6.09 Å². The summed E-state index contributed by atoms with van der Waals surface area (Å²) in [5.74, 6) is 0.513. The Kier molecular flexibility index (Phi) is 5.81. The molecule has 0 saturated carbocycles. The highest BCUT2D eigenvalue weighted by Crippen LogP contribution is 2.21. The van der Waals surface area contributed by atoms with Gasteiger partial charge in [0.15, 0.2) is 0 Å². The number of hydrogen-bond donors (Lipinski definition) is 0. The monoisotopic (exact) mass is 325 g/mol. The van der Waals surface area contributed by atoms with E-state index in [1.165, 1.54) is 11.3 Å². The molecule has 1 aliphatic heterocycles. The van der Waals surface area contributed by atoms with Crippen LogP contribution in [0.15, 0.2) is 11.7 Å². The third-order valence-corrected chi connectivity index (χ3v) is 4.41. The van der Waals surface area contributed by atoms with Crippen LogP contribution >= 0.6 is 11.3 Å². The number of carbonyl (C=O) groups excluding carboxylic acids is 1. The second-order valence-electron chi connectivity index (χ2n) is 7.10. The van der Waals surface area contributed by atoms with E-state index in [1.807, 2.05) is 37.4 Å². The molecule has 0 aromatic carbocycles. The van der Waals surface area contributed by atoms with E-state index >= 15 is 0 Å². The van der Waals surface area contributed by atoms with Crippen LogP contribution in [-0.4, -0.2) is 53.2 Å². The number of ether oxygens (including phenoxy) is 1. The second kappa shape index (κ2) is 7.42. The maximum atomic E-state index is 12.2. The first-order chi connectivity index (χ1) is 10.3. The Bertz CT molecular complexity index is 470. The zero-order valence-corrected chi connectivity index (χ0v) is 14.9. The van der Waals surface area contributed by atoms with Crippen LogP contribution in [0, 0.1) is 5.92 Å². The predicted molar refractivity (Wildman–Crippen MR) is 89.0 cm³/mol. The molecule has 2 heterocycles. The van der Waals surface area contributed by atoms with Crippen molar-refractivity contribution >= 4 is 17.4 Å². The Morgan fingerprint density at radius 2 is 2.32 bits per heavy atom. The Labute approximate surface area is 137 Å². The average molecular weight is 325 g/mol. The Morgan fingerprint density at radius 1 is 1.55 bits per heavy atom. The Morgan fingerprint density at radius 3 is 2.95 bits per heavy atom. The van der Waals surface area contributed by atoms with Crippen molar-refractivity contribution in [3.05, 3.63) is 16.6 Å². The first-order valence-electron chi connectivity index (χ1n) is 7.87. The Hall–Kier alpha value is -1.14. The number of amides is 1. The van der Waals surface area contributed by atoms with Crippen molar-refractivity contribution in [1.82, 2.24) is 14.8 Å². The number of carbonyl (C=O) groups is 1. The van der Waals surface area contributed by atoms with Gasteiger partial charge in [-0.1, -0.05) is 0 Å². The van der Waals surface area contributed by atoms with Gasteiger partial charge in [-0.25, -0.2) is 4.79 Å². The molecule has 5 nitrogen and oxygen atoms in total. The highest BCUT2D eigenvalue weighted by Gasteiger charge is 2.28. The van der Waals surface area contributed by atoms with Gasteiger partial charge in [0.1, 0.15) is 5.60 Å². The molecule has 0 spiro atoms. The summed E-state index contributed by atoms with van der Waals surface area (Å²) >= 11 is 1.69. The summed E-state index contributed by atoms with van der Waals surface area (Å²) in [4.78, 5) is 21.8. The van der Waals surface area contributed by atoms with Gasteiger partial charge in [-0.2, -0.15) is 0 Å². The lowest BCUT2D eigenvalue weighted by atomic mass is 9.98. The molecule has 1 fully saturated rings. The van der Waals surface area contributed by atoms with Crippen molar-refractivity contribution < 1.29 is 9.53 Å². The molecule has 6 heteroatoms. The van der Waals surface area contributed by atoms with E-state index in [4.69, 9.17) is 4.74 Å². The summed E-state index contributed by atoms with van der Waals surface area (Å²) in [5, 5.41) is 0. The lowest BCUT2D eigenvalue weighted by Gasteiger charge is -2.35. The van der Waals surface area contributed by atoms with E-state index < -0.39 is 5.60 Å². The van der Waals surface area contributed by atoms with Crippen LogP contribution in [0.3, 0.4) is 0 Å². The molecule has 1 aromatic rings. The number of piperidine rings is 1. The van der Waals surface area contributed by atoms with Crippen LogP contribution in [0.25, 0.3) is 0 Å². The van der Waals surface area contributed by atoms with Gasteiger partial charge in [0, 0.05) is 37.3 Å². The van der Waals surface area contributed by atoms with Crippen LogP contribution in [0.5, 0.6) is 0 Å². The van der Waals surface area contributed by atoms with Crippen molar-refractivity contribution in [2.45, 2.75) is 45.8 Å². The minimum atomic E-state index is -0.424. The average Bonchev–Trinajstić information content (AvgIpc) is 2.89. The molecule has 1 saturated heterocycles. The predicted octanol–water partition coefficient (Wildman–Crippen LogP) is 3.22. The SMILES string of the molecule is CN(Cc1cncs1)C[C@H]1CCCN(C(=O)OC(C)(C)C)C1. The third kappa shape index (κ3) is 5.57. The van der Waals surface area contributed by atoms with E-state index in [2.05, 4.69) is 16.9 Å². The molecule has 1 amide bonds. The van der Waals surface area contributed by atoms with Crippen molar-refractivity contribution in [2.24, 2.45) is 5.92 Å². The molecule has 1 atom stereocenters. The fraction of sp³-hybridized carbons (Fsp3) is 0.750. The number of likely N-dealkylation sites (tertiary alicyclic amines) is 1. The summed E-state index contributed by atoms with van der Waals surface area (Å²) in [6.45, 7) is 9.26. The van der Waals surface area contributed by atoms with Crippen LogP contribution in [0.4, 0.5) is 4.79 Å².